The standard InChI is InChI=1S/C31H25NSi/c1-31(2)25-13-7-5-12-23(25)28-27(33)18-24-22-11-6-8-14-26(22)32(30(24)29(28)31)21-16-15-19-9-3-4-10-20(19)17-21/h3-18H,1-2,33H3. The minimum absolute atomic E-state index is 0.0480. The van der Waals surface area contributed by atoms with E-state index in [2.05, 4.69) is 115 Å². The molecule has 0 amide bonds. The highest BCUT2D eigenvalue weighted by Gasteiger charge is 2.39. The summed E-state index contributed by atoms with van der Waals surface area (Å²) in [6.07, 6.45) is 0. The number of benzene rings is 5. The van der Waals surface area contributed by atoms with Crippen molar-refractivity contribution in [2.45, 2.75) is 19.3 Å². The molecule has 0 saturated heterocycles. The first kappa shape index (κ1) is 18.9. The quantitative estimate of drug-likeness (QED) is 0.268. The highest BCUT2D eigenvalue weighted by Crippen LogP contribution is 2.52. The zero-order valence-corrected chi connectivity index (χ0v) is 21.2. The number of fused-ring (bicyclic) bond motifs is 8. The van der Waals surface area contributed by atoms with Gasteiger partial charge < -0.3 is 4.57 Å². The second-order valence-electron chi connectivity index (χ2n) is 9.89. The molecule has 0 N–H and O–H groups in total. The van der Waals surface area contributed by atoms with Crippen molar-refractivity contribution in [1.82, 2.24) is 4.57 Å². The van der Waals surface area contributed by atoms with Crippen LogP contribution in [0, 0.1) is 0 Å². The maximum absolute atomic E-state index is 2.52. The van der Waals surface area contributed by atoms with Gasteiger partial charge in [0.1, 0.15) is 0 Å². The van der Waals surface area contributed by atoms with Gasteiger partial charge in [-0.2, -0.15) is 0 Å². The Hall–Kier alpha value is -3.62. The van der Waals surface area contributed by atoms with Gasteiger partial charge in [-0.15, -0.1) is 0 Å². The summed E-state index contributed by atoms with van der Waals surface area (Å²) in [5, 5.41) is 6.77. The van der Waals surface area contributed by atoms with Gasteiger partial charge in [-0.3, -0.25) is 0 Å². The monoisotopic (exact) mass is 439 g/mol. The average molecular weight is 440 g/mol. The predicted molar refractivity (Wildman–Crippen MR) is 145 cm³/mol. The van der Waals surface area contributed by atoms with E-state index in [1.165, 1.54) is 65.7 Å². The third-order valence-electron chi connectivity index (χ3n) is 7.64. The van der Waals surface area contributed by atoms with Gasteiger partial charge in [0.05, 0.1) is 11.0 Å². The van der Waals surface area contributed by atoms with Crippen LogP contribution >= 0.6 is 0 Å². The van der Waals surface area contributed by atoms with Gasteiger partial charge >= 0.3 is 0 Å². The van der Waals surface area contributed by atoms with Crippen LogP contribution in [0.15, 0.2) is 97.1 Å². The lowest BCUT2D eigenvalue weighted by Gasteiger charge is -2.24. The van der Waals surface area contributed by atoms with Crippen molar-refractivity contribution >= 4 is 48.0 Å². The SMILES string of the molecule is CC1(C)c2ccccc2-c2c([SiH3])cc3c4ccccc4n(-c4ccc5ccccc5c4)c3c21. The Morgan fingerprint density at radius 2 is 1.42 bits per heavy atom. The fourth-order valence-electron chi connectivity index (χ4n) is 6.18. The van der Waals surface area contributed by atoms with E-state index >= 15 is 0 Å². The highest BCUT2D eigenvalue weighted by molar-refractivity contribution is 6.39. The lowest BCUT2D eigenvalue weighted by molar-refractivity contribution is 0.664. The number of nitrogens with zero attached hydrogens (tertiary/aromatic N) is 1. The topological polar surface area (TPSA) is 4.93 Å². The van der Waals surface area contributed by atoms with Gasteiger partial charge in [0.2, 0.25) is 0 Å². The molecule has 1 aliphatic carbocycles. The predicted octanol–water partition coefficient (Wildman–Crippen LogP) is 6.23. The molecule has 1 aliphatic rings. The summed E-state index contributed by atoms with van der Waals surface area (Å²) in [6.45, 7) is 4.81. The Morgan fingerprint density at radius 1 is 0.697 bits per heavy atom. The number of hydrogen-bond acceptors (Lipinski definition) is 0. The Bertz CT molecular complexity index is 1750. The molecule has 6 aromatic rings. The van der Waals surface area contributed by atoms with Crippen LogP contribution in [0.3, 0.4) is 0 Å². The van der Waals surface area contributed by atoms with E-state index in [1.807, 2.05) is 0 Å². The molecule has 2 heteroatoms. The van der Waals surface area contributed by atoms with Crippen molar-refractivity contribution < 1.29 is 0 Å². The zero-order valence-electron chi connectivity index (χ0n) is 19.2. The van der Waals surface area contributed by atoms with E-state index in [4.69, 9.17) is 0 Å². The molecule has 1 aromatic heterocycles. The summed E-state index contributed by atoms with van der Waals surface area (Å²) in [4.78, 5) is 0. The van der Waals surface area contributed by atoms with Crippen molar-refractivity contribution in [2.24, 2.45) is 0 Å². The van der Waals surface area contributed by atoms with Gasteiger partial charge in [0, 0.05) is 32.1 Å². The van der Waals surface area contributed by atoms with Crippen LogP contribution in [-0.4, -0.2) is 14.8 Å². The van der Waals surface area contributed by atoms with Crippen LogP contribution in [0.25, 0.3) is 49.4 Å². The highest BCUT2D eigenvalue weighted by atomic mass is 28.1. The summed E-state index contributed by atoms with van der Waals surface area (Å²) < 4.78 is 2.52. The van der Waals surface area contributed by atoms with Crippen LogP contribution < -0.4 is 5.19 Å². The van der Waals surface area contributed by atoms with Crippen molar-refractivity contribution in [3.05, 3.63) is 108 Å². The van der Waals surface area contributed by atoms with Crippen LogP contribution in [0.1, 0.15) is 25.0 Å². The van der Waals surface area contributed by atoms with Crippen LogP contribution in [0.5, 0.6) is 0 Å². The molecule has 0 spiro atoms. The van der Waals surface area contributed by atoms with E-state index in [1.54, 1.807) is 0 Å². The normalized spacial score (nSPS) is 14.2. The summed E-state index contributed by atoms with van der Waals surface area (Å²) in [6, 6.07) is 35.9. The molecule has 158 valence electrons. The number of aromatic nitrogens is 1. The molecule has 1 nitrogen and oxygen atoms in total. The molecular formula is C31H25NSi. The smallest absolute Gasteiger partial charge is 0.0588 e. The minimum Gasteiger partial charge on any atom is -0.309 e. The Kier molecular flexibility index (Phi) is 3.70. The maximum atomic E-state index is 2.52. The molecule has 0 fully saturated rings. The molecule has 0 radical (unpaired) electrons. The van der Waals surface area contributed by atoms with Gasteiger partial charge in [-0.25, -0.2) is 0 Å². The third kappa shape index (κ3) is 2.42. The minimum atomic E-state index is -0.0480. The number of rotatable bonds is 1. The van der Waals surface area contributed by atoms with Gasteiger partial charge in [0.15, 0.2) is 0 Å². The summed E-state index contributed by atoms with van der Waals surface area (Å²) >= 11 is 0. The fourth-order valence-corrected chi connectivity index (χ4v) is 6.99. The number of para-hydroxylation sites is 1. The second kappa shape index (κ2) is 6.46. The average Bonchev–Trinajstić information content (AvgIpc) is 3.28. The molecule has 0 atom stereocenters. The maximum Gasteiger partial charge on any atom is 0.0588 e. The second-order valence-corrected chi connectivity index (χ2v) is 11.0. The molecule has 1 heterocycles. The van der Waals surface area contributed by atoms with E-state index in [0.29, 0.717) is 0 Å². The third-order valence-corrected chi connectivity index (χ3v) is 8.43. The summed E-state index contributed by atoms with van der Waals surface area (Å²) in [5.74, 6) is 0. The first-order valence-electron chi connectivity index (χ1n) is 11.7. The largest absolute Gasteiger partial charge is 0.309 e. The number of hydrogen-bond donors (Lipinski definition) is 0. The van der Waals surface area contributed by atoms with Crippen molar-refractivity contribution in [1.29, 1.82) is 0 Å². The zero-order chi connectivity index (χ0) is 22.3. The fraction of sp³-hybridized carbons (Fsp3) is 0.0968. The van der Waals surface area contributed by atoms with E-state index in [9.17, 15) is 0 Å². The van der Waals surface area contributed by atoms with Crippen LogP contribution in [0.4, 0.5) is 0 Å². The van der Waals surface area contributed by atoms with Crippen molar-refractivity contribution in [2.75, 3.05) is 0 Å². The van der Waals surface area contributed by atoms with E-state index in [-0.39, 0.29) is 5.41 Å². The summed E-state index contributed by atoms with van der Waals surface area (Å²) in [7, 11) is 1.03. The van der Waals surface area contributed by atoms with Crippen LogP contribution in [0.2, 0.25) is 0 Å². The van der Waals surface area contributed by atoms with Crippen molar-refractivity contribution in [3.8, 4) is 16.8 Å². The molecule has 0 bridgehead atoms. The van der Waals surface area contributed by atoms with Crippen LogP contribution in [-0.2, 0) is 5.41 Å². The molecule has 0 saturated carbocycles. The molecule has 0 aliphatic heterocycles. The molecule has 0 unspecified atom stereocenters. The molecule has 5 aromatic carbocycles. The summed E-state index contributed by atoms with van der Waals surface area (Å²) in [5.41, 5.74) is 9.64. The molecule has 7 rings (SSSR count). The van der Waals surface area contributed by atoms with Gasteiger partial charge in [-0.05, 0) is 51.2 Å². The first-order valence-corrected chi connectivity index (χ1v) is 12.7. The van der Waals surface area contributed by atoms with Crippen molar-refractivity contribution in [3.63, 3.8) is 0 Å². The Labute approximate surface area is 196 Å². The first-order chi connectivity index (χ1) is 16.1. The Balaban J connectivity index is 1.70. The lowest BCUT2D eigenvalue weighted by atomic mass is 9.81. The lowest BCUT2D eigenvalue weighted by Crippen LogP contribution is -2.18. The van der Waals surface area contributed by atoms with E-state index < -0.39 is 0 Å². The van der Waals surface area contributed by atoms with Gasteiger partial charge in [-0.1, -0.05) is 97.9 Å². The van der Waals surface area contributed by atoms with E-state index in [0.717, 1.165) is 10.2 Å². The molecular weight excluding hydrogens is 414 g/mol. The Morgan fingerprint density at radius 3 is 2.30 bits per heavy atom. The van der Waals surface area contributed by atoms with Gasteiger partial charge in [0.25, 0.3) is 0 Å². The molecule has 33 heavy (non-hydrogen) atoms.